The molecule has 29 heavy (non-hydrogen) atoms. The molecule has 1 heterocycles. The lowest BCUT2D eigenvalue weighted by molar-refractivity contribution is -0.133. The van der Waals surface area contributed by atoms with Crippen LogP contribution < -0.4 is 10.2 Å². The quantitative estimate of drug-likeness (QED) is 0.672. The van der Waals surface area contributed by atoms with Gasteiger partial charge in [-0.15, -0.1) is 0 Å². The molecular weight excluding hydrogens is 362 g/mol. The van der Waals surface area contributed by atoms with Crippen LogP contribution in [0.15, 0.2) is 24.3 Å². The van der Waals surface area contributed by atoms with Crippen molar-refractivity contribution in [2.75, 3.05) is 36.4 Å². The lowest BCUT2D eigenvalue weighted by Gasteiger charge is -2.37. The molecule has 1 atom stereocenters. The molecule has 1 aliphatic heterocycles. The predicted molar refractivity (Wildman–Crippen MR) is 121 cm³/mol. The molecule has 0 aliphatic carbocycles. The highest BCUT2D eigenvalue weighted by atomic mass is 16.2. The second-order valence-electron chi connectivity index (χ2n) is 9.39. The standard InChI is InChI=1S/C24H39N3O2/c1-6-8-9-19(7-2)23(29)25-20-10-12-21(13-11-20)26-14-16-27(17-15-26)22(28)18-24(3,4)5/h10-13,19H,6-9,14-18H2,1-5H3,(H,25,29). The van der Waals surface area contributed by atoms with E-state index in [1.165, 1.54) is 0 Å². The van der Waals surface area contributed by atoms with Gasteiger partial charge in [-0.3, -0.25) is 9.59 Å². The second kappa shape index (κ2) is 10.7. The zero-order valence-corrected chi connectivity index (χ0v) is 19.0. The van der Waals surface area contributed by atoms with E-state index in [0.29, 0.717) is 6.42 Å². The fourth-order valence-corrected chi connectivity index (χ4v) is 3.75. The molecule has 1 unspecified atom stereocenters. The maximum Gasteiger partial charge on any atom is 0.227 e. The number of nitrogens with zero attached hydrogens (tertiary/aromatic N) is 2. The molecule has 5 heteroatoms. The summed E-state index contributed by atoms with van der Waals surface area (Å²) in [4.78, 5) is 29.2. The number of benzene rings is 1. The van der Waals surface area contributed by atoms with Crippen molar-refractivity contribution in [2.45, 2.75) is 66.7 Å². The van der Waals surface area contributed by atoms with Crippen LogP contribution in [0.5, 0.6) is 0 Å². The first-order valence-corrected chi connectivity index (χ1v) is 11.2. The van der Waals surface area contributed by atoms with Gasteiger partial charge in [-0.1, -0.05) is 47.5 Å². The molecule has 1 fully saturated rings. The van der Waals surface area contributed by atoms with Gasteiger partial charge in [-0.2, -0.15) is 0 Å². The number of hydrogen-bond donors (Lipinski definition) is 1. The van der Waals surface area contributed by atoms with E-state index >= 15 is 0 Å². The van der Waals surface area contributed by atoms with Crippen LogP contribution >= 0.6 is 0 Å². The molecule has 0 spiro atoms. The third kappa shape index (κ3) is 7.37. The van der Waals surface area contributed by atoms with E-state index in [1.807, 2.05) is 17.0 Å². The summed E-state index contributed by atoms with van der Waals surface area (Å²) < 4.78 is 0. The third-order valence-electron chi connectivity index (χ3n) is 5.58. The average molecular weight is 402 g/mol. The predicted octanol–water partition coefficient (Wildman–Crippen LogP) is 4.93. The zero-order valence-electron chi connectivity index (χ0n) is 19.0. The Kier molecular flexibility index (Phi) is 8.54. The van der Waals surface area contributed by atoms with Crippen molar-refractivity contribution in [2.24, 2.45) is 11.3 Å². The lowest BCUT2D eigenvalue weighted by Crippen LogP contribution is -2.49. The number of nitrogens with one attached hydrogen (secondary N) is 1. The largest absolute Gasteiger partial charge is 0.368 e. The molecule has 2 amide bonds. The molecule has 0 aromatic heterocycles. The van der Waals surface area contributed by atoms with E-state index in [-0.39, 0.29) is 23.1 Å². The maximum atomic E-state index is 12.5. The molecule has 0 radical (unpaired) electrons. The van der Waals surface area contributed by atoms with E-state index in [1.54, 1.807) is 0 Å². The lowest BCUT2D eigenvalue weighted by atomic mass is 9.91. The Labute approximate surface area is 176 Å². The van der Waals surface area contributed by atoms with Crippen LogP contribution in [0.3, 0.4) is 0 Å². The molecule has 1 N–H and O–H groups in total. The van der Waals surface area contributed by atoms with Crippen LogP contribution in [-0.2, 0) is 9.59 Å². The van der Waals surface area contributed by atoms with Gasteiger partial charge in [-0.05, 0) is 42.5 Å². The second-order valence-corrected chi connectivity index (χ2v) is 9.39. The number of rotatable bonds is 8. The summed E-state index contributed by atoms with van der Waals surface area (Å²) >= 11 is 0. The molecule has 162 valence electrons. The van der Waals surface area contributed by atoms with Crippen molar-refractivity contribution in [1.29, 1.82) is 0 Å². The maximum absolute atomic E-state index is 12.5. The van der Waals surface area contributed by atoms with Gasteiger partial charge in [0, 0.05) is 49.9 Å². The number of carbonyl (C=O) groups excluding carboxylic acids is 2. The summed E-state index contributed by atoms with van der Waals surface area (Å²) in [6, 6.07) is 8.10. The molecule has 5 nitrogen and oxygen atoms in total. The van der Waals surface area contributed by atoms with Gasteiger partial charge < -0.3 is 15.1 Å². The van der Waals surface area contributed by atoms with Crippen LogP contribution in [0.1, 0.15) is 66.7 Å². The van der Waals surface area contributed by atoms with Gasteiger partial charge >= 0.3 is 0 Å². The molecule has 1 saturated heterocycles. The van der Waals surface area contributed by atoms with Crippen molar-refractivity contribution in [3.8, 4) is 0 Å². The summed E-state index contributed by atoms with van der Waals surface area (Å²) in [7, 11) is 0. The highest BCUT2D eigenvalue weighted by Crippen LogP contribution is 2.23. The average Bonchev–Trinajstić information content (AvgIpc) is 2.68. The van der Waals surface area contributed by atoms with Crippen molar-refractivity contribution in [1.82, 2.24) is 4.90 Å². The highest BCUT2D eigenvalue weighted by molar-refractivity contribution is 5.92. The first-order chi connectivity index (χ1) is 13.7. The van der Waals surface area contributed by atoms with E-state index in [2.05, 4.69) is 57.0 Å². The van der Waals surface area contributed by atoms with Crippen LogP contribution in [-0.4, -0.2) is 42.9 Å². The van der Waals surface area contributed by atoms with Crippen LogP contribution in [0.25, 0.3) is 0 Å². The normalized spacial score (nSPS) is 15.9. The minimum Gasteiger partial charge on any atom is -0.368 e. The summed E-state index contributed by atoms with van der Waals surface area (Å²) in [5, 5.41) is 3.07. The van der Waals surface area contributed by atoms with Gasteiger partial charge in [0.15, 0.2) is 0 Å². The first kappa shape index (κ1) is 23.2. The Morgan fingerprint density at radius 3 is 2.17 bits per heavy atom. The van der Waals surface area contributed by atoms with E-state index in [9.17, 15) is 9.59 Å². The van der Waals surface area contributed by atoms with Crippen molar-refractivity contribution in [3.63, 3.8) is 0 Å². The Morgan fingerprint density at radius 2 is 1.66 bits per heavy atom. The van der Waals surface area contributed by atoms with E-state index in [0.717, 1.165) is 63.2 Å². The number of anilines is 2. The summed E-state index contributed by atoms with van der Waals surface area (Å²) in [5.74, 6) is 0.469. The molecule has 1 aromatic rings. The van der Waals surface area contributed by atoms with Gasteiger partial charge in [0.05, 0.1) is 0 Å². The summed E-state index contributed by atoms with van der Waals surface area (Å²) in [6.45, 7) is 13.8. The monoisotopic (exact) mass is 401 g/mol. The fraction of sp³-hybridized carbons (Fsp3) is 0.667. The Morgan fingerprint density at radius 1 is 1.03 bits per heavy atom. The first-order valence-electron chi connectivity index (χ1n) is 11.2. The van der Waals surface area contributed by atoms with E-state index in [4.69, 9.17) is 0 Å². The van der Waals surface area contributed by atoms with Crippen LogP contribution in [0, 0.1) is 11.3 Å². The van der Waals surface area contributed by atoms with Crippen LogP contribution in [0.4, 0.5) is 11.4 Å². The van der Waals surface area contributed by atoms with Crippen molar-refractivity contribution >= 4 is 23.2 Å². The van der Waals surface area contributed by atoms with Gasteiger partial charge in [0.2, 0.25) is 11.8 Å². The van der Waals surface area contributed by atoms with Crippen molar-refractivity contribution < 1.29 is 9.59 Å². The Hall–Kier alpha value is -2.04. The SMILES string of the molecule is CCCCC(CC)C(=O)Nc1ccc(N2CCN(C(=O)CC(C)(C)C)CC2)cc1. The highest BCUT2D eigenvalue weighted by Gasteiger charge is 2.25. The molecular formula is C24H39N3O2. The van der Waals surface area contributed by atoms with Crippen LogP contribution in [0.2, 0.25) is 0 Å². The zero-order chi connectivity index (χ0) is 21.4. The molecule has 2 rings (SSSR count). The number of amides is 2. The number of piperazine rings is 1. The van der Waals surface area contributed by atoms with Gasteiger partial charge in [0.1, 0.15) is 0 Å². The van der Waals surface area contributed by atoms with Crippen molar-refractivity contribution in [3.05, 3.63) is 24.3 Å². The number of unbranched alkanes of at least 4 members (excludes halogenated alkanes) is 1. The summed E-state index contributed by atoms with van der Waals surface area (Å²) in [6.07, 6.45) is 4.64. The third-order valence-corrected chi connectivity index (χ3v) is 5.58. The Balaban J connectivity index is 1.86. The van der Waals surface area contributed by atoms with Gasteiger partial charge in [-0.25, -0.2) is 0 Å². The smallest absolute Gasteiger partial charge is 0.227 e. The fourth-order valence-electron chi connectivity index (χ4n) is 3.75. The summed E-state index contributed by atoms with van der Waals surface area (Å²) in [5.41, 5.74) is 2.03. The number of hydrogen-bond acceptors (Lipinski definition) is 3. The molecule has 1 aliphatic rings. The molecule has 1 aromatic carbocycles. The van der Waals surface area contributed by atoms with E-state index < -0.39 is 0 Å². The van der Waals surface area contributed by atoms with Gasteiger partial charge in [0.25, 0.3) is 0 Å². The minimum atomic E-state index is 0.0296. The molecule has 0 bridgehead atoms. The minimum absolute atomic E-state index is 0.0296. The number of carbonyl (C=O) groups is 2. The molecule has 0 saturated carbocycles. The topological polar surface area (TPSA) is 52.7 Å². The Bertz CT molecular complexity index is 656.